The number of nitrogens with one attached hydrogen (secondary N) is 1. The van der Waals surface area contributed by atoms with Crippen molar-refractivity contribution in [3.05, 3.63) is 0 Å². The van der Waals surface area contributed by atoms with Gasteiger partial charge in [0.2, 0.25) is 0 Å². The highest BCUT2D eigenvalue weighted by atomic mass is 16.8. The average molecular weight is 1020 g/mol. The average Bonchev–Trinajstić information content (AvgIpc) is 3.61. The van der Waals surface area contributed by atoms with Gasteiger partial charge in [-0.3, -0.25) is 9.69 Å². The lowest BCUT2D eigenvalue weighted by Gasteiger charge is -2.49. The molecule has 7 N–H and O–H groups in total. The van der Waals surface area contributed by atoms with Crippen molar-refractivity contribution in [2.75, 3.05) is 54.6 Å². The molecule has 23 nitrogen and oxygen atoms in total. The first-order valence-electron chi connectivity index (χ1n) is 25.0. The van der Waals surface area contributed by atoms with Crippen LogP contribution in [0.4, 0.5) is 9.59 Å². The lowest BCUT2D eigenvalue weighted by atomic mass is 9.77. The Hall–Kier alpha value is -2.59. The minimum Gasteiger partial charge on any atom is -0.458 e. The predicted octanol–water partition coefficient (Wildman–Crippen LogP) is 0.633. The highest BCUT2D eigenvalue weighted by Crippen LogP contribution is 2.42. The smallest absolute Gasteiger partial charge is 0.458 e. The number of carbonyl (C=O) groups is 3. The number of hydrogen-bond donors (Lipinski definition) is 7. The molecular weight excluding hydrogens is 939 g/mol. The summed E-state index contributed by atoms with van der Waals surface area (Å²) in [5, 5.41) is 67.0. The van der Waals surface area contributed by atoms with Crippen molar-refractivity contribution < 1.29 is 97.1 Å². The molecule has 0 aliphatic carbocycles. The minimum atomic E-state index is -1.65. The van der Waals surface area contributed by atoms with Crippen LogP contribution in [0.2, 0.25) is 0 Å². The zero-order valence-corrected chi connectivity index (χ0v) is 44.0. The molecule has 5 saturated heterocycles. The van der Waals surface area contributed by atoms with Gasteiger partial charge in [-0.05, 0) is 94.8 Å². The molecule has 23 atom stereocenters. The van der Waals surface area contributed by atoms with Crippen LogP contribution < -0.4 is 5.32 Å². The molecular formula is C48H85N3O20. The van der Waals surface area contributed by atoms with E-state index in [1.54, 1.807) is 41.5 Å². The van der Waals surface area contributed by atoms with Crippen molar-refractivity contribution in [1.29, 1.82) is 0 Å². The lowest BCUT2D eigenvalue weighted by molar-refractivity contribution is -0.317. The summed E-state index contributed by atoms with van der Waals surface area (Å²) in [5.41, 5.74) is -4.28. The molecule has 0 radical (unpaired) electrons. The number of aliphatic hydroxyl groups excluding tert-OH is 5. The summed E-state index contributed by atoms with van der Waals surface area (Å²) in [7, 11) is 7.05. The Bertz CT molecular complexity index is 1750. The van der Waals surface area contributed by atoms with E-state index in [-0.39, 0.29) is 50.5 Å². The molecule has 5 aliphatic heterocycles. The van der Waals surface area contributed by atoms with Gasteiger partial charge in [0.15, 0.2) is 36.7 Å². The van der Waals surface area contributed by atoms with E-state index in [0.717, 1.165) is 0 Å². The molecule has 5 fully saturated rings. The van der Waals surface area contributed by atoms with Gasteiger partial charge in [-0.15, -0.1) is 0 Å². The van der Waals surface area contributed by atoms with Crippen LogP contribution in [-0.2, 0) is 56.9 Å². The van der Waals surface area contributed by atoms with E-state index in [4.69, 9.17) is 52.1 Å². The van der Waals surface area contributed by atoms with Gasteiger partial charge in [0.05, 0.1) is 49.1 Å². The van der Waals surface area contributed by atoms with Crippen LogP contribution in [0, 0.1) is 17.8 Å². The van der Waals surface area contributed by atoms with Gasteiger partial charge in [0, 0.05) is 44.6 Å². The number of esters is 1. The molecule has 23 heteroatoms. The summed E-state index contributed by atoms with van der Waals surface area (Å²) in [4.78, 5) is 44.8. The van der Waals surface area contributed by atoms with E-state index >= 15 is 0 Å². The van der Waals surface area contributed by atoms with Gasteiger partial charge in [0.25, 0.3) is 0 Å². The summed E-state index contributed by atoms with van der Waals surface area (Å²) in [6.45, 7) is 17.2. The van der Waals surface area contributed by atoms with E-state index < -0.39 is 146 Å². The quantitative estimate of drug-likeness (QED) is 0.0757. The summed E-state index contributed by atoms with van der Waals surface area (Å²) in [5.74, 6) is -2.86. The van der Waals surface area contributed by atoms with Crippen LogP contribution >= 0.6 is 0 Å². The number of alkyl carbamates (subject to hydrolysis) is 1. The second kappa shape index (κ2) is 24.4. The molecule has 0 aromatic carbocycles. The molecule has 5 rings (SSSR count). The van der Waals surface area contributed by atoms with E-state index in [2.05, 4.69) is 5.32 Å². The third-order valence-corrected chi connectivity index (χ3v) is 15.4. The van der Waals surface area contributed by atoms with Crippen molar-refractivity contribution in [2.45, 2.75) is 216 Å². The van der Waals surface area contributed by atoms with Crippen LogP contribution in [-0.4, -0.2) is 234 Å². The molecule has 5 heterocycles. The second-order valence-corrected chi connectivity index (χ2v) is 21.4. The van der Waals surface area contributed by atoms with Gasteiger partial charge in [-0.1, -0.05) is 20.8 Å². The third-order valence-electron chi connectivity index (χ3n) is 15.4. The first kappa shape index (κ1) is 59.3. The maximum absolute atomic E-state index is 14.7. The maximum Gasteiger partial charge on any atom is 0.509 e. The van der Waals surface area contributed by atoms with Gasteiger partial charge >= 0.3 is 18.2 Å². The highest BCUT2D eigenvalue weighted by molar-refractivity contribution is 5.73. The number of ether oxygens (including phenoxy) is 11. The van der Waals surface area contributed by atoms with Crippen molar-refractivity contribution in [3.8, 4) is 0 Å². The molecule has 0 unspecified atom stereocenters. The van der Waals surface area contributed by atoms with Crippen LogP contribution in [0.15, 0.2) is 0 Å². The monoisotopic (exact) mass is 1020 g/mol. The summed E-state index contributed by atoms with van der Waals surface area (Å²) >= 11 is 0. The lowest BCUT2D eigenvalue weighted by Crippen LogP contribution is -2.61. The van der Waals surface area contributed by atoms with Crippen LogP contribution in [0.3, 0.4) is 0 Å². The Kier molecular flexibility index (Phi) is 20.4. The van der Waals surface area contributed by atoms with E-state index in [0.29, 0.717) is 13.0 Å². The Morgan fingerprint density at radius 2 is 1.56 bits per heavy atom. The fourth-order valence-electron chi connectivity index (χ4n) is 11.2. The van der Waals surface area contributed by atoms with E-state index in [1.807, 2.05) is 58.6 Å². The van der Waals surface area contributed by atoms with Crippen LogP contribution in [0.1, 0.15) is 94.9 Å². The molecule has 0 aromatic rings. The van der Waals surface area contributed by atoms with Gasteiger partial charge < -0.3 is 93.0 Å². The van der Waals surface area contributed by atoms with Crippen molar-refractivity contribution in [2.24, 2.45) is 17.8 Å². The number of carbonyl (C=O) groups excluding carboxylic acids is 3. The molecule has 5 aliphatic rings. The third kappa shape index (κ3) is 13.5. The number of aliphatic hydroxyl groups is 6. The zero-order valence-electron chi connectivity index (χ0n) is 44.0. The Morgan fingerprint density at radius 3 is 2.18 bits per heavy atom. The number of hydrogen-bond acceptors (Lipinski definition) is 22. The van der Waals surface area contributed by atoms with E-state index in [9.17, 15) is 45.0 Å². The molecule has 0 saturated carbocycles. The van der Waals surface area contributed by atoms with Crippen molar-refractivity contribution in [1.82, 2.24) is 15.1 Å². The predicted molar refractivity (Wildman–Crippen MR) is 249 cm³/mol. The minimum absolute atomic E-state index is 0.0305. The summed E-state index contributed by atoms with van der Waals surface area (Å²) in [6.07, 6.45) is -17.9. The standard InChI is InChI=1S/C48H85N3O20/c1-15-31-48(10)39(70-45(59)71-48)27(6)51(13)21-23(2)19-46(8,60)38(68-43-33(53)29(50(11)12)18-24(3)63-43)25(4)37(26(5)41(57)66-31)67-32-20-47(9,61-14)40(28(7)64-32)69-44(58)49-16-17-62-42-36(56)35(55)34(54)30(22-52)65-42/h23-40,42-43,52-56,60H,15-22H2,1-14H3,(H,49,58)/t23-,24-,25+,26-,27-,28+,29+,30-,31-,32+,33-,34-,35+,36-,37+,38-,39-,40+,42-,43+,46-,47-,48-/m1/s1. The fraction of sp³-hybridized carbons (Fsp3) is 0.938. The number of cyclic esters (lactones) is 1. The second-order valence-electron chi connectivity index (χ2n) is 21.4. The van der Waals surface area contributed by atoms with Gasteiger partial charge in [-0.2, -0.15) is 0 Å². The summed E-state index contributed by atoms with van der Waals surface area (Å²) in [6, 6.07) is -0.750. The normalized spacial score (nSPS) is 46.5. The number of methoxy groups -OCH3 is 1. The number of likely N-dealkylation sites (N-methyl/N-ethyl adjacent to an activating group) is 2. The van der Waals surface area contributed by atoms with Crippen molar-refractivity contribution >= 4 is 18.2 Å². The molecule has 0 bridgehead atoms. The first-order valence-corrected chi connectivity index (χ1v) is 25.0. The summed E-state index contributed by atoms with van der Waals surface area (Å²) < 4.78 is 67.1. The Balaban J connectivity index is 1.43. The zero-order chi connectivity index (χ0) is 53.1. The Morgan fingerprint density at radius 1 is 0.887 bits per heavy atom. The largest absolute Gasteiger partial charge is 0.509 e. The topological polar surface area (TPSA) is 293 Å². The van der Waals surface area contributed by atoms with Gasteiger partial charge in [-0.25, -0.2) is 9.59 Å². The number of rotatable bonds is 13. The molecule has 1 amide bonds. The van der Waals surface area contributed by atoms with Crippen molar-refractivity contribution in [3.63, 3.8) is 0 Å². The Labute approximate surface area is 417 Å². The molecule has 0 aromatic heterocycles. The molecule has 412 valence electrons. The SMILES string of the molecule is CC[C@H]1OC(=O)[C@H](C)[C@@H](O[C@H]2C[C@@](C)(OC)[C@@H](OC(=O)NCCO[C@@H]3O[C@H](CO)[C@@H](O)[C@H](O)[C@H]3O)[C@H](C)O2)[C@H](C)[C@@H](O[C@@H]2O[C@H](C)C[C@H](N(C)C)[C@H]2O)[C@](C)(O)C[C@@H](C)CN(C)[C@H](C)[C@H]2OC(=O)O[C@@]21C. The van der Waals surface area contributed by atoms with Crippen LogP contribution in [0.25, 0.3) is 0 Å². The van der Waals surface area contributed by atoms with E-state index in [1.165, 1.54) is 7.11 Å². The fourth-order valence-corrected chi connectivity index (χ4v) is 11.2. The number of amides is 1. The van der Waals surface area contributed by atoms with Crippen LogP contribution in [0.5, 0.6) is 0 Å². The molecule has 0 spiro atoms. The highest BCUT2D eigenvalue weighted by Gasteiger charge is 2.59. The maximum atomic E-state index is 14.7. The number of fused-ring (bicyclic) bond motifs is 1. The molecule has 71 heavy (non-hydrogen) atoms. The van der Waals surface area contributed by atoms with Gasteiger partial charge in [0.1, 0.15) is 42.2 Å². The first-order chi connectivity index (χ1) is 33.1. The number of nitrogens with zero attached hydrogens (tertiary/aromatic N) is 2.